The zero-order valence-electron chi connectivity index (χ0n) is 11.1. The van der Waals surface area contributed by atoms with E-state index in [4.69, 9.17) is 5.26 Å². The van der Waals surface area contributed by atoms with Crippen LogP contribution in [-0.2, 0) is 11.0 Å². The van der Waals surface area contributed by atoms with Crippen molar-refractivity contribution in [3.05, 3.63) is 29.8 Å². The van der Waals surface area contributed by atoms with E-state index in [-0.39, 0.29) is 0 Å². The summed E-state index contributed by atoms with van der Waals surface area (Å²) in [5, 5.41) is 8.92. The number of hydrogen-bond donors (Lipinski definition) is 1. The summed E-state index contributed by atoms with van der Waals surface area (Å²) in [6.45, 7) is 3.17. The van der Waals surface area contributed by atoms with E-state index in [0.29, 0.717) is 4.90 Å². The first kappa shape index (κ1) is 16.7. The van der Waals surface area contributed by atoms with Gasteiger partial charge in [0, 0.05) is 6.42 Å². The fraction of sp³-hybridized carbons (Fsp3) is 0.462. The maximum Gasteiger partial charge on any atom is 0.389 e. The maximum atomic E-state index is 12.3. The molecule has 0 aliphatic rings. The van der Waals surface area contributed by atoms with Gasteiger partial charge >= 0.3 is 6.18 Å². The van der Waals surface area contributed by atoms with Crippen LogP contribution in [0.3, 0.4) is 0 Å². The summed E-state index contributed by atoms with van der Waals surface area (Å²) in [4.78, 5) is 0.426. The van der Waals surface area contributed by atoms with E-state index in [9.17, 15) is 17.4 Å². The molecule has 0 spiro atoms. The van der Waals surface area contributed by atoms with Crippen molar-refractivity contribution in [1.82, 2.24) is 4.72 Å². The van der Waals surface area contributed by atoms with Crippen LogP contribution in [0, 0.1) is 24.2 Å². The molecule has 0 aromatic heterocycles. The molecule has 0 aliphatic carbocycles. The van der Waals surface area contributed by atoms with Gasteiger partial charge in [-0.1, -0.05) is 24.6 Å². The maximum absolute atomic E-state index is 12.3. The SMILES string of the molecule is Cc1ccc(S(=O)N[C@H](C#N)[C@H](C)CC(F)(F)F)cc1. The highest BCUT2D eigenvalue weighted by Gasteiger charge is 2.34. The number of aryl methyl sites for hydroxylation is 1. The van der Waals surface area contributed by atoms with Gasteiger partial charge in [-0.25, -0.2) is 8.93 Å². The zero-order valence-corrected chi connectivity index (χ0v) is 11.9. The lowest BCUT2D eigenvalue weighted by Gasteiger charge is -2.19. The highest BCUT2D eigenvalue weighted by molar-refractivity contribution is 7.83. The fourth-order valence-corrected chi connectivity index (χ4v) is 2.63. The van der Waals surface area contributed by atoms with Crippen LogP contribution in [0.2, 0.25) is 0 Å². The van der Waals surface area contributed by atoms with Gasteiger partial charge in [-0.05, 0) is 25.0 Å². The van der Waals surface area contributed by atoms with E-state index in [1.807, 2.05) is 6.92 Å². The molecule has 20 heavy (non-hydrogen) atoms. The molecule has 1 N–H and O–H groups in total. The number of nitriles is 1. The van der Waals surface area contributed by atoms with Crippen molar-refractivity contribution < 1.29 is 17.4 Å². The van der Waals surface area contributed by atoms with Crippen molar-refractivity contribution in [2.75, 3.05) is 0 Å². The molecule has 0 aliphatic heterocycles. The van der Waals surface area contributed by atoms with Gasteiger partial charge < -0.3 is 0 Å². The molecule has 0 saturated heterocycles. The Morgan fingerprint density at radius 1 is 1.35 bits per heavy atom. The van der Waals surface area contributed by atoms with Crippen molar-refractivity contribution in [3.63, 3.8) is 0 Å². The number of halogens is 3. The first-order chi connectivity index (χ1) is 9.23. The molecule has 0 amide bonds. The highest BCUT2D eigenvalue weighted by atomic mass is 32.2. The van der Waals surface area contributed by atoms with Crippen LogP contribution < -0.4 is 4.72 Å². The van der Waals surface area contributed by atoms with E-state index < -0.39 is 35.5 Å². The largest absolute Gasteiger partial charge is 0.389 e. The molecule has 0 radical (unpaired) electrons. The Balaban J connectivity index is 2.71. The summed E-state index contributed by atoms with van der Waals surface area (Å²) in [5.41, 5.74) is 0.980. The zero-order chi connectivity index (χ0) is 15.3. The topological polar surface area (TPSA) is 52.9 Å². The number of benzene rings is 1. The lowest BCUT2D eigenvalue weighted by molar-refractivity contribution is -0.143. The molecule has 0 heterocycles. The van der Waals surface area contributed by atoms with Gasteiger partial charge in [0.05, 0.1) is 11.0 Å². The molecular weight excluding hydrogens is 289 g/mol. The van der Waals surface area contributed by atoms with Crippen LogP contribution in [0.4, 0.5) is 13.2 Å². The monoisotopic (exact) mass is 304 g/mol. The normalized spacial score (nSPS) is 16.2. The molecule has 0 fully saturated rings. The van der Waals surface area contributed by atoms with Gasteiger partial charge in [-0.2, -0.15) is 18.4 Å². The summed E-state index contributed by atoms with van der Waals surface area (Å²) in [6.07, 6.45) is -5.44. The first-order valence-electron chi connectivity index (χ1n) is 5.94. The van der Waals surface area contributed by atoms with Crippen LogP contribution in [0.1, 0.15) is 18.9 Å². The van der Waals surface area contributed by atoms with Crippen molar-refractivity contribution in [1.29, 1.82) is 5.26 Å². The van der Waals surface area contributed by atoms with Gasteiger partial charge in [-0.15, -0.1) is 0 Å². The second-order valence-electron chi connectivity index (χ2n) is 4.60. The first-order valence-corrected chi connectivity index (χ1v) is 7.09. The molecular formula is C13H15F3N2OS. The van der Waals surface area contributed by atoms with E-state index in [1.165, 1.54) is 6.92 Å². The van der Waals surface area contributed by atoms with E-state index >= 15 is 0 Å². The van der Waals surface area contributed by atoms with Crippen LogP contribution in [0.15, 0.2) is 29.2 Å². The predicted molar refractivity (Wildman–Crippen MR) is 70.0 cm³/mol. The summed E-state index contributed by atoms with van der Waals surface area (Å²) >= 11 is 0. The molecule has 1 rings (SSSR count). The lowest BCUT2D eigenvalue weighted by atomic mass is 10.0. The average Bonchev–Trinajstić information content (AvgIpc) is 2.34. The Hall–Kier alpha value is -1.39. The number of nitrogens with one attached hydrogen (secondary N) is 1. The van der Waals surface area contributed by atoms with Gasteiger partial charge in [0.15, 0.2) is 0 Å². The van der Waals surface area contributed by atoms with Crippen LogP contribution in [0.25, 0.3) is 0 Å². The molecule has 1 unspecified atom stereocenters. The van der Waals surface area contributed by atoms with Crippen molar-refractivity contribution >= 4 is 11.0 Å². The molecule has 7 heteroatoms. The standard InChI is InChI=1S/C13H15F3N2OS/c1-9-3-5-11(6-4-9)20(19)18-12(8-17)10(2)7-13(14,15)16/h3-6,10,12,18H,7H2,1-2H3/t10-,12-,20?/m1/s1. The molecule has 3 nitrogen and oxygen atoms in total. The smallest absolute Gasteiger partial charge is 0.237 e. The van der Waals surface area contributed by atoms with Gasteiger partial charge in [0.1, 0.15) is 17.0 Å². The minimum atomic E-state index is -4.35. The van der Waals surface area contributed by atoms with Crippen molar-refractivity contribution in [2.24, 2.45) is 5.92 Å². The third-order valence-corrected chi connectivity index (χ3v) is 3.90. The van der Waals surface area contributed by atoms with Gasteiger partial charge in [-0.3, -0.25) is 0 Å². The fourth-order valence-electron chi connectivity index (χ4n) is 1.60. The average molecular weight is 304 g/mol. The molecule has 0 bridgehead atoms. The van der Waals surface area contributed by atoms with Crippen LogP contribution in [0.5, 0.6) is 0 Å². The number of nitrogens with zero attached hydrogens (tertiary/aromatic N) is 1. The predicted octanol–water partition coefficient (Wildman–Crippen LogP) is 3.09. The lowest BCUT2D eigenvalue weighted by Crippen LogP contribution is -2.37. The van der Waals surface area contributed by atoms with Crippen LogP contribution >= 0.6 is 0 Å². The molecule has 1 aromatic carbocycles. The minimum Gasteiger partial charge on any atom is -0.237 e. The Kier molecular flexibility index (Phi) is 5.72. The Labute approximate surface area is 118 Å². The number of rotatable bonds is 5. The van der Waals surface area contributed by atoms with E-state index in [0.717, 1.165) is 5.56 Å². The van der Waals surface area contributed by atoms with Crippen molar-refractivity contribution in [2.45, 2.75) is 37.4 Å². The molecule has 0 saturated carbocycles. The summed E-state index contributed by atoms with van der Waals surface area (Å²) in [5.74, 6) is -0.977. The molecule has 3 atom stereocenters. The number of hydrogen-bond acceptors (Lipinski definition) is 2. The Morgan fingerprint density at radius 3 is 2.35 bits per heavy atom. The molecule has 1 aromatic rings. The third-order valence-electron chi connectivity index (χ3n) is 2.73. The highest BCUT2D eigenvalue weighted by Crippen LogP contribution is 2.26. The number of alkyl halides is 3. The molecule has 110 valence electrons. The summed E-state index contributed by atoms with van der Waals surface area (Å²) in [7, 11) is -1.71. The van der Waals surface area contributed by atoms with E-state index in [1.54, 1.807) is 30.3 Å². The van der Waals surface area contributed by atoms with Gasteiger partial charge in [0.2, 0.25) is 0 Å². The Morgan fingerprint density at radius 2 is 1.90 bits per heavy atom. The van der Waals surface area contributed by atoms with E-state index in [2.05, 4.69) is 4.72 Å². The van der Waals surface area contributed by atoms with Gasteiger partial charge in [0.25, 0.3) is 0 Å². The second-order valence-corrected chi connectivity index (χ2v) is 5.85. The summed E-state index contributed by atoms with van der Waals surface area (Å²) in [6, 6.07) is 7.32. The third kappa shape index (κ3) is 5.31. The van der Waals surface area contributed by atoms with Crippen molar-refractivity contribution in [3.8, 4) is 6.07 Å². The quantitative estimate of drug-likeness (QED) is 0.909. The van der Waals surface area contributed by atoms with Crippen LogP contribution in [-0.4, -0.2) is 16.4 Å². The second kappa shape index (κ2) is 6.86. The Bertz CT molecular complexity index is 508. The summed E-state index contributed by atoms with van der Waals surface area (Å²) < 4.78 is 51.3. The minimum absolute atomic E-state index is 0.426.